The summed E-state index contributed by atoms with van der Waals surface area (Å²) < 4.78 is 6.98. The van der Waals surface area contributed by atoms with Crippen LogP contribution in [0.1, 0.15) is 25.1 Å². The molecule has 0 aliphatic carbocycles. The van der Waals surface area contributed by atoms with Gasteiger partial charge in [0.2, 0.25) is 0 Å². The van der Waals surface area contributed by atoms with Gasteiger partial charge in [-0.15, -0.1) is 11.3 Å². The van der Waals surface area contributed by atoms with Gasteiger partial charge in [0.25, 0.3) is 0 Å². The zero-order chi connectivity index (χ0) is 12.5. The lowest BCUT2D eigenvalue weighted by Gasteiger charge is -2.03. The van der Waals surface area contributed by atoms with Gasteiger partial charge < -0.3 is 10.2 Å². The van der Waals surface area contributed by atoms with Crippen LogP contribution in [-0.2, 0) is 0 Å². The summed E-state index contributed by atoms with van der Waals surface area (Å²) in [6.07, 6.45) is 0.876. The van der Waals surface area contributed by atoms with Crippen molar-refractivity contribution < 1.29 is 4.42 Å². The van der Waals surface area contributed by atoms with Crippen molar-refractivity contribution in [2.24, 2.45) is 5.73 Å². The second kappa shape index (κ2) is 4.55. The lowest BCUT2D eigenvalue weighted by Crippen LogP contribution is -2.06. The summed E-state index contributed by atoms with van der Waals surface area (Å²) in [5.41, 5.74) is 9.91. The molecule has 0 radical (unpaired) electrons. The van der Waals surface area contributed by atoms with E-state index in [0.717, 1.165) is 29.0 Å². The van der Waals surface area contributed by atoms with E-state index < -0.39 is 0 Å². The van der Waals surface area contributed by atoms with Crippen molar-refractivity contribution in [3.05, 3.63) is 41.6 Å². The largest absolute Gasteiger partial charge is 0.459 e. The van der Waals surface area contributed by atoms with E-state index in [-0.39, 0.29) is 6.04 Å². The molecule has 0 aliphatic heterocycles. The fourth-order valence-corrected chi connectivity index (χ4v) is 2.63. The average Bonchev–Trinajstić information content (AvgIpc) is 3.05. The van der Waals surface area contributed by atoms with E-state index in [9.17, 15) is 0 Å². The Morgan fingerprint density at radius 2 is 2.22 bits per heavy atom. The Kier molecular flexibility index (Phi) is 2.89. The SMILES string of the molecule is CCC(N)c1ccc(-c2ccc3ncsc3c2)o1. The molecule has 3 aromatic rings. The monoisotopic (exact) mass is 258 g/mol. The number of hydrogen-bond donors (Lipinski definition) is 1. The highest BCUT2D eigenvalue weighted by Gasteiger charge is 2.10. The molecule has 92 valence electrons. The Bertz CT molecular complexity index is 671. The third-order valence-electron chi connectivity index (χ3n) is 3.05. The molecule has 3 rings (SSSR count). The number of hydrogen-bond acceptors (Lipinski definition) is 4. The number of thiazole rings is 1. The third-order valence-corrected chi connectivity index (χ3v) is 3.84. The normalized spacial score (nSPS) is 13.0. The fraction of sp³-hybridized carbons (Fsp3) is 0.214. The summed E-state index contributed by atoms with van der Waals surface area (Å²) >= 11 is 1.64. The molecule has 2 aromatic heterocycles. The Labute approximate surface area is 109 Å². The Morgan fingerprint density at radius 3 is 3.06 bits per heavy atom. The first-order chi connectivity index (χ1) is 8.78. The number of fused-ring (bicyclic) bond motifs is 1. The van der Waals surface area contributed by atoms with Crippen molar-refractivity contribution in [1.29, 1.82) is 0 Å². The van der Waals surface area contributed by atoms with Gasteiger partial charge in [0.15, 0.2) is 0 Å². The average molecular weight is 258 g/mol. The number of rotatable bonds is 3. The number of benzene rings is 1. The van der Waals surface area contributed by atoms with Crippen molar-refractivity contribution in [1.82, 2.24) is 4.98 Å². The van der Waals surface area contributed by atoms with E-state index in [2.05, 4.69) is 18.0 Å². The molecule has 2 N–H and O–H groups in total. The van der Waals surface area contributed by atoms with Crippen molar-refractivity contribution in [3.63, 3.8) is 0 Å². The minimum atomic E-state index is -0.0223. The molecule has 1 unspecified atom stereocenters. The van der Waals surface area contributed by atoms with Crippen LogP contribution in [0.4, 0.5) is 0 Å². The Morgan fingerprint density at radius 1 is 1.33 bits per heavy atom. The maximum absolute atomic E-state index is 5.96. The quantitative estimate of drug-likeness (QED) is 0.773. The van der Waals surface area contributed by atoms with E-state index in [1.165, 1.54) is 4.70 Å². The van der Waals surface area contributed by atoms with Crippen LogP contribution < -0.4 is 5.73 Å². The van der Waals surface area contributed by atoms with E-state index in [1.807, 2.05) is 29.8 Å². The minimum absolute atomic E-state index is 0.0223. The lowest BCUT2D eigenvalue weighted by atomic mass is 10.1. The minimum Gasteiger partial charge on any atom is -0.459 e. The highest BCUT2D eigenvalue weighted by atomic mass is 32.1. The zero-order valence-corrected chi connectivity index (χ0v) is 10.9. The van der Waals surface area contributed by atoms with E-state index in [1.54, 1.807) is 11.3 Å². The van der Waals surface area contributed by atoms with Gasteiger partial charge in [-0.1, -0.05) is 6.92 Å². The summed E-state index contributed by atoms with van der Waals surface area (Å²) in [4.78, 5) is 4.27. The van der Waals surface area contributed by atoms with E-state index >= 15 is 0 Å². The maximum atomic E-state index is 5.96. The second-order valence-electron chi connectivity index (χ2n) is 4.25. The molecule has 0 saturated carbocycles. The first-order valence-electron chi connectivity index (χ1n) is 5.97. The van der Waals surface area contributed by atoms with Gasteiger partial charge in [0, 0.05) is 5.56 Å². The number of nitrogens with zero attached hydrogens (tertiary/aromatic N) is 1. The topological polar surface area (TPSA) is 52.0 Å². The molecule has 0 spiro atoms. The van der Waals surface area contributed by atoms with Crippen molar-refractivity contribution in [2.45, 2.75) is 19.4 Å². The van der Waals surface area contributed by atoms with Crippen molar-refractivity contribution >= 4 is 21.6 Å². The van der Waals surface area contributed by atoms with Gasteiger partial charge in [-0.2, -0.15) is 0 Å². The van der Waals surface area contributed by atoms with Crippen LogP contribution in [0.2, 0.25) is 0 Å². The molecule has 18 heavy (non-hydrogen) atoms. The van der Waals surface area contributed by atoms with Crippen LogP contribution in [-0.4, -0.2) is 4.98 Å². The molecule has 1 atom stereocenters. The van der Waals surface area contributed by atoms with Crippen molar-refractivity contribution in [3.8, 4) is 11.3 Å². The van der Waals surface area contributed by atoms with Gasteiger partial charge >= 0.3 is 0 Å². The lowest BCUT2D eigenvalue weighted by molar-refractivity contribution is 0.470. The second-order valence-corrected chi connectivity index (χ2v) is 5.14. The molecule has 4 heteroatoms. The molecule has 0 bridgehead atoms. The molecule has 2 heterocycles. The molecule has 0 aliphatic rings. The fourth-order valence-electron chi connectivity index (χ4n) is 1.92. The smallest absolute Gasteiger partial charge is 0.134 e. The summed E-state index contributed by atoms with van der Waals surface area (Å²) in [7, 11) is 0. The van der Waals surface area contributed by atoms with Crippen LogP contribution in [0.25, 0.3) is 21.5 Å². The Hall–Kier alpha value is -1.65. The maximum Gasteiger partial charge on any atom is 0.134 e. The van der Waals surface area contributed by atoms with Gasteiger partial charge in [0.1, 0.15) is 11.5 Å². The zero-order valence-electron chi connectivity index (χ0n) is 10.1. The number of furan rings is 1. The summed E-state index contributed by atoms with van der Waals surface area (Å²) in [5, 5.41) is 0. The standard InChI is InChI=1S/C14H14N2OS/c1-2-10(15)13-6-5-12(17-13)9-3-4-11-14(7-9)18-8-16-11/h3-8,10H,2,15H2,1H3. The molecular formula is C14H14N2OS. The molecule has 1 aromatic carbocycles. The van der Waals surface area contributed by atoms with Crippen LogP contribution >= 0.6 is 11.3 Å². The van der Waals surface area contributed by atoms with Gasteiger partial charge in [-0.05, 0) is 36.8 Å². The van der Waals surface area contributed by atoms with Crippen LogP contribution in [0.15, 0.2) is 40.3 Å². The predicted octanol–water partition coefficient (Wildman–Crippen LogP) is 3.97. The number of aromatic nitrogens is 1. The third kappa shape index (κ3) is 1.94. The first-order valence-corrected chi connectivity index (χ1v) is 6.85. The predicted molar refractivity (Wildman–Crippen MR) is 74.5 cm³/mol. The molecule has 0 fully saturated rings. The summed E-state index contributed by atoms with van der Waals surface area (Å²) in [6.45, 7) is 2.05. The van der Waals surface area contributed by atoms with Crippen LogP contribution in [0.5, 0.6) is 0 Å². The Balaban J connectivity index is 2.00. The molecular weight excluding hydrogens is 244 g/mol. The van der Waals surface area contributed by atoms with Crippen LogP contribution in [0.3, 0.4) is 0 Å². The van der Waals surface area contributed by atoms with Crippen LogP contribution in [0, 0.1) is 0 Å². The van der Waals surface area contributed by atoms with Gasteiger partial charge in [-0.3, -0.25) is 0 Å². The summed E-state index contributed by atoms with van der Waals surface area (Å²) in [6, 6.07) is 10.1. The van der Waals surface area contributed by atoms with E-state index in [0.29, 0.717) is 0 Å². The first kappa shape index (κ1) is 11.4. The van der Waals surface area contributed by atoms with E-state index in [4.69, 9.17) is 10.2 Å². The number of nitrogens with two attached hydrogens (primary N) is 1. The van der Waals surface area contributed by atoms with Crippen molar-refractivity contribution in [2.75, 3.05) is 0 Å². The summed E-state index contributed by atoms with van der Waals surface area (Å²) in [5.74, 6) is 1.71. The molecule has 0 saturated heterocycles. The van der Waals surface area contributed by atoms with Gasteiger partial charge in [-0.25, -0.2) is 4.98 Å². The molecule has 3 nitrogen and oxygen atoms in total. The highest BCUT2D eigenvalue weighted by Crippen LogP contribution is 2.29. The van der Waals surface area contributed by atoms with Gasteiger partial charge in [0.05, 0.1) is 21.8 Å². The molecule has 0 amide bonds. The highest BCUT2D eigenvalue weighted by molar-refractivity contribution is 7.16.